The van der Waals surface area contributed by atoms with Crippen molar-refractivity contribution in [2.75, 3.05) is 50.5 Å². The highest BCUT2D eigenvalue weighted by Gasteiger charge is 2.26. The average Bonchev–Trinajstić information content (AvgIpc) is 3.49. The average molecular weight is 647 g/mol. The van der Waals surface area contributed by atoms with Gasteiger partial charge in [0.25, 0.3) is 0 Å². The maximum absolute atomic E-state index is 13.1. The third kappa shape index (κ3) is 6.52. The SMILES string of the molecule is COc1cc(C2CCN(CCC(=O)N3CCC3)CC2)c(C)cc1Nc1nc(Nc2ccccc2S(=O)(=O)C(C)C)n2nccc2n1. The Labute approximate surface area is 270 Å². The van der Waals surface area contributed by atoms with Crippen LogP contribution in [0, 0.1) is 6.92 Å². The minimum Gasteiger partial charge on any atom is -0.495 e. The number of hydrogen-bond donors (Lipinski definition) is 2. The van der Waals surface area contributed by atoms with E-state index in [9.17, 15) is 13.2 Å². The summed E-state index contributed by atoms with van der Waals surface area (Å²) in [6.07, 6.45) is 5.40. The zero-order valence-corrected chi connectivity index (χ0v) is 27.7. The molecule has 4 heterocycles. The first-order valence-electron chi connectivity index (χ1n) is 15.9. The van der Waals surface area contributed by atoms with E-state index in [-0.39, 0.29) is 10.8 Å². The number of hydrogen-bond acceptors (Lipinski definition) is 10. The molecule has 0 saturated carbocycles. The summed E-state index contributed by atoms with van der Waals surface area (Å²) >= 11 is 0. The highest BCUT2D eigenvalue weighted by atomic mass is 32.2. The van der Waals surface area contributed by atoms with Gasteiger partial charge >= 0.3 is 0 Å². The molecule has 0 radical (unpaired) electrons. The number of nitrogens with zero attached hydrogens (tertiary/aromatic N) is 6. The number of aromatic nitrogens is 4. The number of nitrogens with one attached hydrogen (secondary N) is 2. The van der Waals surface area contributed by atoms with Crippen molar-refractivity contribution in [1.29, 1.82) is 0 Å². The van der Waals surface area contributed by atoms with Crippen LogP contribution in [-0.2, 0) is 14.6 Å². The summed E-state index contributed by atoms with van der Waals surface area (Å²) < 4.78 is 33.5. The molecule has 0 unspecified atom stereocenters. The van der Waals surface area contributed by atoms with E-state index < -0.39 is 15.1 Å². The van der Waals surface area contributed by atoms with Gasteiger partial charge in [0.1, 0.15) is 5.75 Å². The van der Waals surface area contributed by atoms with Crippen LogP contribution in [0.2, 0.25) is 0 Å². The van der Waals surface area contributed by atoms with Crippen molar-refractivity contribution in [3.8, 4) is 5.75 Å². The molecule has 2 aromatic heterocycles. The number of carbonyl (C=O) groups excluding carboxylic acids is 1. The van der Waals surface area contributed by atoms with Crippen molar-refractivity contribution in [2.24, 2.45) is 0 Å². The second-order valence-electron chi connectivity index (χ2n) is 12.3. The number of anilines is 4. The lowest BCUT2D eigenvalue weighted by Gasteiger charge is -2.35. The molecule has 13 heteroatoms. The molecule has 1 amide bonds. The first-order chi connectivity index (χ1) is 22.1. The molecule has 0 bridgehead atoms. The lowest BCUT2D eigenvalue weighted by molar-refractivity contribution is -0.135. The number of carbonyl (C=O) groups is 1. The minimum absolute atomic E-state index is 0.192. The molecule has 2 aromatic carbocycles. The van der Waals surface area contributed by atoms with Gasteiger partial charge in [-0.25, -0.2) is 8.42 Å². The molecule has 12 nitrogen and oxygen atoms in total. The molecule has 244 valence electrons. The van der Waals surface area contributed by atoms with Crippen LogP contribution in [0.25, 0.3) is 5.65 Å². The molecule has 0 aliphatic carbocycles. The summed E-state index contributed by atoms with van der Waals surface area (Å²) in [6, 6.07) is 12.7. The fourth-order valence-electron chi connectivity index (χ4n) is 6.13. The first kappa shape index (κ1) is 31.7. The van der Waals surface area contributed by atoms with Gasteiger partial charge in [0, 0.05) is 32.1 Å². The molecule has 2 fully saturated rings. The topological polar surface area (TPSA) is 134 Å². The van der Waals surface area contributed by atoms with Crippen molar-refractivity contribution in [1.82, 2.24) is 29.4 Å². The van der Waals surface area contributed by atoms with E-state index in [4.69, 9.17) is 9.72 Å². The Balaban J connectivity index is 1.19. The Morgan fingerprint density at radius 2 is 1.78 bits per heavy atom. The van der Waals surface area contributed by atoms with Gasteiger partial charge < -0.3 is 25.2 Å². The molecule has 46 heavy (non-hydrogen) atoms. The maximum Gasteiger partial charge on any atom is 0.233 e. The minimum atomic E-state index is -3.55. The predicted molar refractivity (Wildman–Crippen MR) is 178 cm³/mol. The number of benzene rings is 2. The first-order valence-corrected chi connectivity index (χ1v) is 17.5. The summed E-state index contributed by atoms with van der Waals surface area (Å²) in [5, 5.41) is 10.3. The Hall–Kier alpha value is -4.23. The van der Waals surface area contributed by atoms with Crippen LogP contribution in [0.15, 0.2) is 53.6 Å². The van der Waals surface area contributed by atoms with Crippen LogP contribution in [0.5, 0.6) is 5.75 Å². The van der Waals surface area contributed by atoms with Crippen LogP contribution in [0.4, 0.5) is 23.3 Å². The molecule has 4 aromatic rings. The van der Waals surface area contributed by atoms with Crippen LogP contribution < -0.4 is 15.4 Å². The monoisotopic (exact) mass is 646 g/mol. The van der Waals surface area contributed by atoms with E-state index in [2.05, 4.69) is 44.7 Å². The number of para-hydroxylation sites is 1. The Morgan fingerprint density at radius 1 is 1.02 bits per heavy atom. The molecule has 2 aliphatic rings. The maximum atomic E-state index is 13.1. The highest BCUT2D eigenvalue weighted by molar-refractivity contribution is 7.92. The third-order valence-corrected chi connectivity index (χ3v) is 11.2. The van der Waals surface area contributed by atoms with Gasteiger partial charge in [-0.1, -0.05) is 12.1 Å². The van der Waals surface area contributed by atoms with Crippen molar-refractivity contribution < 1.29 is 17.9 Å². The van der Waals surface area contributed by atoms with E-state index in [1.54, 1.807) is 57.5 Å². The molecular weight excluding hydrogens is 604 g/mol. The van der Waals surface area contributed by atoms with E-state index in [1.807, 2.05) is 4.90 Å². The van der Waals surface area contributed by atoms with Crippen molar-refractivity contribution in [3.63, 3.8) is 0 Å². The van der Waals surface area contributed by atoms with Crippen LogP contribution in [0.1, 0.15) is 56.6 Å². The molecular formula is C33H42N8O4S. The van der Waals surface area contributed by atoms with E-state index in [1.165, 1.54) is 10.1 Å². The molecule has 0 spiro atoms. The quantitative estimate of drug-likeness (QED) is 0.232. The third-order valence-electron chi connectivity index (χ3n) is 9.03. The Morgan fingerprint density at radius 3 is 2.48 bits per heavy atom. The summed E-state index contributed by atoms with van der Waals surface area (Å²) in [7, 11) is -1.90. The lowest BCUT2D eigenvalue weighted by atomic mass is 9.86. The number of rotatable bonds is 11. The van der Waals surface area contributed by atoms with Crippen molar-refractivity contribution in [3.05, 3.63) is 59.8 Å². The number of ether oxygens (including phenoxy) is 1. The number of likely N-dealkylation sites (tertiary alicyclic amines) is 2. The van der Waals surface area contributed by atoms with Gasteiger partial charge in [0.2, 0.25) is 17.8 Å². The molecule has 6 rings (SSSR count). The molecule has 0 atom stereocenters. The second kappa shape index (κ2) is 13.2. The van der Waals surface area contributed by atoms with E-state index in [0.717, 1.165) is 63.2 Å². The molecule has 2 N–H and O–H groups in total. The van der Waals surface area contributed by atoms with Crippen LogP contribution >= 0.6 is 0 Å². The summed E-state index contributed by atoms with van der Waals surface area (Å²) in [4.78, 5) is 26.2. The number of fused-ring (bicyclic) bond motifs is 1. The fraction of sp³-hybridized carbons (Fsp3) is 0.455. The van der Waals surface area contributed by atoms with Crippen LogP contribution in [0.3, 0.4) is 0 Å². The number of piperidine rings is 1. The van der Waals surface area contributed by atoms with Crippen LogP contribution in [-0.4, -0.2) is 88.8 Å². The number of amides is 1. The van der Waals surface area contributed by atoms with Gasteiger partial charge in [-0.05, 0) is 94.4 Å². The number of sulfone groups is 1. The smallest absolute Gasteiger partial charge is 0.233 e. The van der Waals surface area contributed by atoms with Gasteiger partial charge in [-0.15, -0.1) is 0 Å². The summed E-state index contributed by atoms with van der Waals surface area (Å²) in [5.74, 6) is 1.99. The summed E-state index contributed by atoms with van der Waals surface area (Å²) in [5.41, 5.74) is 4.07. The standard InChI is InChI=1S/C33H42N8O4S/c1-22(2)46(43,44)29-9-6-5-8-26(29)36-33-38-32(37-30-10-14-34-41(30)33)35-27-20-23(3)25(21-28(27)45-4)24-11-17-39(18-12-24)19-13-31(42)40-15-7-16-40/h5-6,8-10,14,20-22,24H,7,11-13,15-19H2,1-4H3,(H2,35,36,37,38). The predicted octanol–water partition coefficient (Wildman–Crippen LogP) is 4.91. The van der Waals surface area contributed by atoms with Crippen molar-refractivity contribution in [2.45, 2.75) is 62.5 Å². The molecule has 2 saturated heterocycles. The number of aryl methyl sites for hydroxylation is 1. The Bertz CT molecular complexity index is 1830. The van der Waals surface area contributed by atoms with Crippen molar-refractivity contribution >= 4 is 44.7 Å². The zero-order valence-electron chi connectivity index (χ0n) is 26.9. The second-order valence-corrected chi connectivity index (χ2v) is 14.8. The van der Waals surface area contributed by atoms with E-state index >= 15 is 0 Å². The molecule has 2 aliphatic heterocycles. The van der Waals surface area contributed by atoms with Gasteiger partial charge in [0.15, 0.2) is 15.5 Å². The Kier molecular flexibility index (Phi) is 9.14. The number of methoxy groups -OCH3 is 1. The largest absolute Gasteiger partial charge is 0.495 e. The van der Waals surface area contributed by atoms with Gasteiger partial charge in [-0.2, -0.15) is 19.6 Å². The normalized spacial score (nSPS) is 16.1. The lowest BCUT2D eigenvalue weighted by Crippen LogP contribution is -2.44. The van der Waals surface area contributed by atoms with Gasteiger partial charge in [-0.3, -0.25) is 4.79 Å². The highest BCUT2D eigenvalue weighted by Crippen LogP contribution is 2.37. The van der Waals surface area contributed by atoms with Gasteiger partial charge in [0.05, 0.1) is 34.8 Å². The zero-order chi connectivity index (χ0) is 32.4. The fourth-order valence-corrected chi connectivity index (χ4v) is 7.33. The van der Waals surface area contributed by atoms with E-state index in [0.29, 0.717) is 41.3 Å². The summed E-state index contributed by atoms with van der Waals surface area (Å²) in [6.45, 7) is 10.0.